The zero-order chi connectivity index (χ0) is 20.3. The average Bonchev–Trinajstić information content (AvgIpc) is 3.26. The maximum Gasteiger partial charge on any atom is 0.143 e. The number of hydrogen-bond acceptors (Lipinski definition) is 6. The van der Waals surface area contributed by atoms with Gasteiger partial charge in [0.2, 0.25) is 0 Å². The van der Waals surface area contributed by atoms with E-state index >= 15 is 0 Å². The number of aromatic nitrogens is 3. The van der Waals surface area contributed by atoms with Crippen molar-refractivity contribution in [3.05, 3.63) is 42.2 Å². The fraction of sp³-hybridized carbons (Fsp3) is 0.478. The van der Waals surface area contributed by atoms with Crippen molar-refractivity contribution < 1.29 is 9.47 Å². The number of imidazole rings is 1. The Labute approximate surface area is 177 Å². The quantitative estimate of drug-likeness (QED) is 0.702. The molecule has 0 saturated carbocycles. The second kappa shape index (κ2) is 8.71. The molecule has 1 unspecified atom stereocenters. The van der Waals surface area contributed by atoms with Crippen molar-refractivity contribution in [3.8, 4) is 11.4 Å². The number of rotatable bonds is 5. The maximum absolute atomic E-state index is 5.88. The van der Waals surface area contributed by atoms with E-state index in [1.165, 1.54) is 5.56 Å². The van der Waals surface area contributed by atoms with Gasteiger partial charge in [0.1, 0.15) is 11.6 Å². The SMILES string of the molecule is Cc1ccc2cc(-c3nccn3CCC3CNCCO3)c(N3CCOCC3)nc2c1. The zero-order valence-corrected chi connectivity index (χ0v) is 17.5. The van der Waals surface area contributed by atoms with E-state index in [0.717, 1.165) is 87.1 Å². The van der Waals surface area contributed by atoms with E-state index in [1.807, 2.05) is 6.20 Å². The summed E-state index contributed by atoms with van der Waals surface area (Å²) in [4.78, 5) is 12.2. The van der Waals surface area contributed by atoms with Crippen LogP contribution in [0.1, 0.15) is 12.0 Å². The first kappa shape index (κ1) is 19.5. The molecule has 2 aliphatic heterocycles. The molecule has 30 heavy (non-hydrogen) atoms. The molecule has 1 aromatic carbocycles. The third-order valence-electron chi connectivity index (χ3n) is 5.92. The zero-order valence-electron chi connectivity index (χ0n) is 17.5. The van der Waals surface area contributed by atoms with E-state index in [0.29, 0.717) is 0 Å². The highest BCUT2D eigenvalue weighted by molar-refractivity contribution is 5.88. The highest BCUT2D eigenvalue weighted by Crippen LogP contribution is 2.32. The summed E-state index contributed by atoms with van der Waals surface area (Å²) in [5.74, 6) is 1.97. The van der Waals surface area contributed by atoms with Gasteiger partial charge in [-0.3, -0.25) is 0 Å². The molecule has 7 heteroatoms. The number of anilines is 1. The number of ether oxygens (including phenoxy) is 2. The van der Waals surface area contributed by atoms with Crippen molar-refractivity contribution in [2.24, 2.45) is 0 Å². The van der Waals surface area contributed by atoms with Crippen LogP contribution in [0.15, 0.2) is 36.7 Å². The minimum atomic E-state index is 0.255. The molecule has 0 bridgehead atoms. The number of morpholine rings is 2. The number of nitrogens with one attached hydrogen (secondary N) is 1. The summed E-state index contributed by atoms with van der Waals surface area (Å²) in [5, 5.41) is 4.55. The topological polar surface area (TPSA) is 64.4 Å². The Morgan fingerprint density at radius 3 is 2.90 bits per heavy atom. The van der Waals surface area contributed by atoms with Crippen LogP contribution in [-0.4, -0.2) is 66.6 Å². The summed E-state index contributed by atoms with van der Waals surface area (Å²) in [6, 6.07) is 8.69. The number of nitrogens with zero attached hydrogens (tertiary/aromatic N) is 4. The monoisotopic (exact) mass is 407 g/mol. The van der Waals surface area contributed by atoms with Crippen molar-refractivity contribution in [2.75, 3.05) is 50.9 Å². The van der Waals surface area contributed by atoms with Gasteiger partial charge in [0.05, 0.1) is 37.0 Å². The number of fused-ring (bicyclic) bond motifs is 1. The molecule has 158 valence electrons. The number of hydrogen-bond donors (Lipinski definition) is 1. The van der Waals surface area contributed by atoms with Crippen LogP contribution in [0.2, 0.25) is 0 Å². The van der Waals surface area contributed by atoms with Crippen LogP contribution in [0.25, 0.3) is 22.3 Å². The van der Waals surface area contributed by atoms with Gasteiger partial charge < -0.3 is 24.3 Å². The maximum atomic E-state index is 5.88. The smallest absolute Gasteiger partial charge is 0.143 e. The van der Waals surface area contributed by atoms with E-state index in [-0.39, 0.29) is 6.10 Å². The summed E-state index contributed by atoms with van der Waals surface area (Å²) in [7, 11) is 0. The van der Waals surface area contributed by atoms with Gasteiger partial charge in [0.25, 0.3) is 0 Å². The molecule has 0 aliphatic carbocycles. The molecule has 1 N–H and O–H groups in total. The molecule has 7 nitrogen and oxygen atoms in total. The van der Waals surface area contributed by atoms with Crippen molar-refractivity contribution >= 4 is 16.7 Å². The van der Waals surface area contributed by atoms with Crippen molar-refractivity contribution in [3.63, 3.8) is 0 Å². The number of pyridine rings is 1. The summed E-state index contributed by atoms with van der Waals surface area (Å²) in [5.41, 5.74) is 3.33. The fourth-order valence-corrected chi connectivity index (χ4v) is 4.27. The van der Waals surface area contributed by atoms with Crippen LogP contribution in [0, 0.1) is 6.92 Å². The van der Waals surface area contributed by atoms with Crippen LogP contribution in [-0.2, 0) is 16.0 Å². The predicted octanol–water partition coefficient (Wildman–Crippen LogP) is 2.62. The van der Waals surface area contributed by atoms with E-state index < -0.39 is 0 Å². The van der Waals surface area contributed by atoms with E-state index in [4.69, 9.17) is 19.4 Å². The standard InChI is InChI=1S/C23H29N5O2/c1-17-2-3-18-15-20(23(26-21(18)14-17)28-9-12-29-13-10-28)22-25-5-8-27(22)7-4-19-16-24-6-11-30-19/h2-3,5,8,14-15,19,24H,4,6-7,9-13,16H2,1H3. The predicted molar refractivity (Wildman–Crippen MR) is 118 cm³/mol. The molecule has 5 rings (SSSR count). The largest absolute Gasteiger partial charge is 0.378 e. The van der Waals surface area contributed by atoms with Gasteiger partial charge in [-0.1, -0.05) is 12.1 Å². The van der Waals surface area contributed by atoms with E-state index in [2.05, 4.69) is 52.2 Å². The molecule has 0 amide bonds. The Kier molecular flexibility index (Phi) is 5.66. The van der Waals surface area contributed by atoms with Gasteiger partial charge in [-0.05, 0) is 31.0 Å². The summed E-state index contributed by atoms with van der Waals surface area (Å²) in [6.07, 6.45) is 5.17. The minimum absolute atomic E-state index is 0.255. The lowest BCUT2D eigenvalue weighted by Crippen LogP contribution is -2.39. The van der Waals surface area contributed by atoms with Gasteiger partial charge in [-0.15, -0.1) is 0 Å². The molecule has 0 spiro atoms. The van der Waals surface area contributed by atoms with E-state index in [9.17, 15) is 0 Å². The van der Waals surface area contributed by atoms with Gasteiger partial charge in [-0.2, -0.15) is 0 Å². The van der Waals surface area contributed by atoms with Gasteiger partial charge in [-0.25, -0.2) is 9.97 Å². The van der Waals surface area contributed by atoms with Crippen molar-refractivity contribution in [1.82, 2.24) is 19.9 Å². The molecule has 2 aliphatic rings. The van der Waals surface area contributed by atoms with Crippen LogP contribution < -0.4 is 10.2 Å². The molecule has 3 aromatic rings. The average molecular weight is 408 g/mol. The molecular weight excluding hydrogens is 378 g/mol. The first-order valence-electron chi connectivity index (χ1n) is 10.9. The van der Waals surface area contributed by atoms with Gasteiger partial charge >= 0.3 is 0 Å². The van der Waals surface area contributed by atoms with Crippen LogP contribution in [0.4, 0.5) is 5.82 Å². The highest BCUT2D eigenvalue weighted by atomic mass is 16.5. The van der Waals surface area contributed by atoms with Crippen molar-refractivity contribution in [2.45, 2.75) is 26.0 Å². The summed E-state index contributed by atoms with van der Waals surface area (Å²) >= 11 is 0. The molecule has 0 radical (unpaired) electrons. The second-order valence-corrected chi connectivity index (χ2v) is 8.08. The normalized spacial score (nSPS) is 20.0. The van der Waals surface area contributed by atoms with Crippen LogP contribution in [0.3, 0.4) is 0 Å². The van der Waals surface area contributed by atoms with Gasteiger partial charge in [0.15, 0.2) is 0 Å². The van der Waals surface area contributed by atoms with Crippen LogP contribution in [0.5, 0.6) is 0 Å². The lowest BCUT2D eigenvalue weighted by Gasteiger charge is -2.30. The first-order chi connectivity index (χ1) is 14.8. The lowest BCUT2D eigenvalue weighted by molar-refractivity contribution is 0.0211. The molecular formula is C23H29N5O2. The Morgan fingerprint density at radius 1 is 1.17 bits per heavy atom. The molecule has 1 atom stereocenters. The molecule has 2 fully saturated rings. The van der Waals surface area contributed by atoms with Gasteiger partial charge in [0, 0.05) is 50.5 Å². The molecule has 2 aromatic heterocycles. The molecule has 4 heterocycles. The Balaban J connectivity index is 1.51. The summed E-state index contributed by atoms with van der Waals surface area (Å²) in [6.45, 7) is 8.78. The third-order valence-corrected chi connectivity index (χ3v) is 5.92. The lowest BCUT2D eigenvalue weighted by atomic mass is 10.1. The number of benzene rings is 1. The van der Waals surface area contributed by atoms with Crippen LogP contribution >= 0.6 is 0 Å². The minimum Gasteiger partial charge on any atom is -0.378 e. The Morgan fingerprint density at radius 2 is 2.07 bits per heavy atom. The fourth-order valence-electron chi connectivity index (χ4n) is 4.27. The molecule has 2 saturated heterocycles. The van der Waals surface area contributed by atoms with Crippen molar-refractivity contribution in [1.29, 1.82) is 0 Å². The summed E-state index contributed by atoms with van der Waals surface area (Å²) < 4.78 is 13.7. The van der Waals surface area contributed by atoms with E-state index in [1.54, 1.807) is 0 Å². The Bertz CT molecular complexity index is 1010. The number of aryl methyl sites for hydroxylation is 2. The Hall–Kier alpha value is -2.48. The highest BCUT2D eigenvalue weighted by Gasteiger charge is 2.22. The first-order valence-corrected chi connectivity index (χ1v) is 10.9. The third kappa shape index (κ3) is 4.05. The second-order valence-electron chi connectivity index (χ2n) is 8.08.